The van der Waals surface area contributed by atoms with Crippen LogP contribution in [0.2, 0.25) is 0 Å². The van der Waals surface area contributed by atoms with Crippen LogP contribution >= 0.6 is 27.5 Å². The highest BCUT2D eigenvalue weighted by Crippen LogP contribution is 2.43. The van der Waals surface area contributed by atoms with Gasteiger partial charge in [-0.05, 0) is 55.4 Å². The van der Waals surface area contributed by atoms with Crippen LogP contribution in [0.5, 0.6) is 5.75 Å². The van der Waals surface area contributed by atoms with Crippen LogP contribution in [0, 0.1) is 5.92 Å². The Balaban J connectivity index is 2.47. The summed E-state index contributed by atoms with van der Waals surface area (Å²) >= 11 is 10.2. The van der Waals surface area contributed by atoms with Gasteiger partial charge in [-0.15, -0.1) is 11.6 Å². The van der Waals surface area contributed by atoms with Gasteiger partial charge in [0.15, 0.2) is 0 Å². The second-order valence-electron chi connectivity index (χ2n) is 4.72. The quantitative estimate of drug-likeness (QED) is 0.544. The molecule has 0 spiro atoms. The Bertz CT molecular complexity index is 405. The van der Waals surface area contributed by atoms with Crippen molar-refractivity contribution in [2.45, 2.75) is 38.5 Å². The Morgan fingerprint density at radius 2 is 2.24 bits per heavy atom. The molecule has 0 aromatic heterocycles. The highest BCUT2D eigenvalue weighted by molar-refractivity contribution is 9.10. The summed E-state index contributed by atoms with van der Waals surface area (Å²) in [5.41, 5.74) is 2.53. The maximum Gasteiger partial charge on any atom is 0.122 e. The summed E-state index contributed by atoms with van der Waals surface area (Å²) in [6.07, 6.45) is 3.30. The molecular weight excluding hydrogens is 300 g/mol. The fraction of sp³-hybridized carbons (Fsp3) is 0.571. The van der Waals surface area contributed by atoms with E-state index in [4.69, 9.17) is 16.3 Å². The largest absolute Gasteiger partial charge is 0.494 e. The number of ether oxygens (including phenoxy) is 1. The van der Waals surface area contributed by atoms with E-state index >= 15 is 0 Å². The molecule has 2 unspecified atom stereocenters. The van der Waals surface area contributed by atoms with Crippen molar-refractivity contribution >= 4 is 27.5 Å². The second kappa shape index (κ2) is 5.62. The van der Waals surface area contributed by atoms with Crippen molar-refractivity contribution in [3.8, 4) is 5.75 Å². The summed E-state index contributed by atoms with van der Waals surface area (Å²) in [7, 11) is 0. The minimum Gasteiger partial charge on any atom is -0.494 e. The smallest absolute Gasteiger partial charge is 0.122 e. The first-order chi connectivity index (χ1) is 8.13. The molecule has 2 atom stereocenters. The third kappa shape index (κ3) is 2.79. The summed E-state index contributed by atoms with van der Waals surface area (Å²) in [4.78, 5) is 0. The standard InChI is InChI=1S/C14H18BrClO/c1-3-17-13-7-6-11(15)14-10(13)5-4-9(2)8-12(14)16/h6-7,9,12H,3-5,8H2,1-2H3. The van der Waals surface area contributed by atoms with E-state index in [2.05, 4.69) is 28.9 Å². The van der Waals surface area contributed by atoms with Crippen LogP contribution < -0.4 is 4.74 Å². The van der Waals surface area contributed by atoms with E-state index in [9.17, 15) is 0 Å². The van der Waals surface area contributed by atoms with Gasteiger partial charge in [0, 0.05) is 4.47 Å². The van der Waals surface area contributed by atoms with Crippen LogP contribution in [0.4, 0.5) is 0 Å². The maximum atomic E-state index is 6.54. The van der Waals surface area contributed by atoms with Gasteiger partial charge in [-0.3, -0.25) is 0 Å². The number of alkyl halides is 1. The molecular formula is C14H18BrClO. The van der Waals surface area contributed by atoms with Gasteiger partial charge >= 0.3 is 0 Å². The van der Waals surface area contributed by atoms with Crippen molar-refractivity contribution < 1.29 is 4.74 Å². The van der Waals surface area contributed by atoms with Crippen LogP contribution in [-0.4, -0.2) is 6.61 Å². The van der Waals surface area contributed by atoms with E-state index < -0.39 is 0 Å². The van der Waals surface area contributed by atoms with Crippen LogP contribution in [0.25, 0.3) is 0 Å². The fourth-order valence-electron chi connectivity index (χ4n) is 2.48. The Labute approximate surface area is 117 Å². The van der Waals surface area contributed by atoms with Gasteiger partial charge in [0.05, 0.1) is 12.0 Å². The van der Waals surface area contributed by atoms with Crippen molar-refractivity contribution in [1.29, 1.82) is 0 Å². The zero-order valence-corrected chi connectivity index (χ0v) is 12.6. The monoisotopic (exact) mass is 316 g/mol. The van der Waals surface area contributed by atoms with Gasteiger partial charge < -0.3 is 4.74 Å². The molecule has 0 bridgehead atoms. The fourth-order valence-corrected chi connectivity index (χ4v) is 3.82. The average molecular weight is 318 g/mol. The van der Waals surface area contributed by atoms with E-state index in [0.717, 1.165) is 23.1 Å². The van der Waals surface area contributed by atoms with Gasteiger partial charge in [0.1, 0.15) is 5.75 Å². The Morgan fingerprint density at radius 1 is 1.47 bits per heavy atom. The molecule has 0 heterocycles. The van der Waals surface area contributed by atoms with Crippen molar-refractivity contribution in [2.75, 3.05) is 6.61 Å². The van der Waals surface area contributed by atoms with Crippen molar-refractivity contribution in [1.82, 2.24) is 0 Å². The predicted octanol–water partition coefficient (Wildman–Crippen LogP) is 5.10. The molecule has 2 rings (SSSR count). The molecule has 0 aliphatic heterocycles. The molecule has 94 valence electrons. The normalized spacial score (nSPS) is 24.0. The third-order valence-corrected chi connectivity index (χ3v) is 4.46. The molecule has 0 fully saturated rings. The first kappa shape index (κ1) is 13.2. The lowest BCUT2D eigenvalue weighted by Gasteiger charge is -2.17. The van der Waals surface area contributed by atoms with Crippen molar-refractivity contribution in [3.05, 3.63) is 27.7 Å². The van der Waals surface area contributed by atoms with E-state index in [1.54, 1.807) is 0 Å². The highest BCUT2D eigenvalue weighted by Gasteiger charge is 2.25. The number of hydrogen-bond acceptors (Lipinski definition) is 1. The summed E-state index contributed by atoms with van der Waals surface area (Å²) in [5.74, 6) is 1.68. The van der Waals surface area contributed by atoms with Crippen LogP contribution in [0.3, 0.4) is 0 Å². The topological polar surface area (TPSA) is 9.23 Å². The van der Waals surface area contributed by atoms with Gasteiger partial charge in [-0.2, -0.15) is 0 Å². The minimum absolute atomic E-state index is 0.0947. The molecule has 3 heteroatoms. The zero-order valence-electron chi connectivity index (χ0n) is 10.3. The molecule has 1 aromatic rings. The van der Waals surface area contributed by atoms with Crippen LogP contribution in [0.1, 0.15) is 43.2 Å². The second-order valence-corrected chi connectivity index (χ2v) is 6.10. The number of hydrogen-bond donors (Lipinski definition) is 0. The summed E-state index contributed by atoms with van der Waals surface area (Å²) in [6, 6.07) is 4.10. The summed E-state index contributed by atoms with van der Waals surface area (Å²) in [5, 5.41) is 0.0947. The van der Waals surface area contributed by atoms with Gasteiger partial charge in [-0.25, -0.2) is 0 Å². The van der Waals surface area contributed by atoms with Crippen molar-refractivity contribution in [3.63, 3.8) is 0 Å². The van der Waals surface area contributed by atoms with Crippen molar-refractivity contribution in [2.24, 2.45) is 5.92 Å². The molecule has 0 amide bonds. The van der Waals surface area contributed by atoms with Crippen LogP contribution in [0.15, 0.2) is 16.6 Å². The Kier molecular flexibility index (Phi) is 4.37. The Morgan fingerprint density at radius 3 is 2.94 bits per heavy atom. The third-order valence-electron chi connectivity index (χ3n) is 3.37. The highest BCUT2D eigenvalue weighted by atomic mass is 79.9. The molecule has 1 aliphatic rings. The molecule has 17 heavy (non-hydrogen) atoms. The first-order valence-corrected chi connectivity index (χ1v) is 7.44. The van der Waals surface area contributed by atoms with E-state index in [-0.39, 0.29) is 5.38 Å². The first-order valence-electron chi connectivity index (χ1n) is 6.21. The van der Waals surface area contributed by atoms with Crippen LogP contribution in [-0.2, 0) is 6.42 Å². The van der Waals surface area contributed by atoms with E-state index in [1.165, 1.54) is 17.5 Å². The number of rotatable bonds is 2. The number of benzene rings is 1. The summed E-state index contributed by atoms with van der Waals surface area (Å²) < 4.78 is 6.83. The zero-order chi connectivity index (χ0) is 12.4. The van der Waals surface area contributed by atoms with Gasteiger partial charge in [0.2, 0.25) is 0 Å². The average Bonchev–Trinajstić information content (AvgIpc) is 2.43. The van der Waals surface area contributed by atoms with Gasteiger partial charge in [0.25, 0.3) is 0 Å². The predicted molar refractivity (Wildman–Crippen MR) is 76.0 cm³/mol. The molecule has 1 aliphatic carbocycles. The molecule has 1 aromatic carbocycles. The number of fused-ring (bicyclic) bond motifs is 1. The molecule has 0 radical (unpaired) electrons. The Hall–Kier alpha value is -0.210. The lowest BCUT2D eigenvalue weighted by atomic mass is 10.0. The minimum atomic E-state index is 0.0947. The molecule has 0 N–H and O–H groups in total. The lowest BCUT2D eigenvalue weighted by molar-refractivity contribution is 0.335. The van der Waals surface area contributed by atoms with E-state index in [1.807, 2.05) is 13.0 Å². The molecule has 1 nitrogen and oxygen atoms in total. The molecule has 0 saturated heterocycles. The maximum absolute atomic E-state index is 6.54. The van der Waals surface area contributed by atoms with E-state index in [0.29, 0.717) is 12.5 Å². The summed E-state index contributed by atoms with van der Waals surface area (Å²) in [6.45, 7) is 5.00. The lowest BCUT2D eigenvalue weighted by Crippen LogP contribution is -2.01. The molecule has 0 saturated carbocycles. The SMILES string of the molecule is CCOc1ccc(Br)c2c1CCC(C)CC2Cl. The number of halogens is 2. The van der Waals surface area contributed by atoms with Gasteiger partial charge in [-0.1, -0.05) is 22.9 Å².